The SMILES string of the molecule is CCN1CCN(c2nc(C)c(C(C)(C)O)s2)CC1. The summed E-state index contributed by atoms with van der Waals surface area (Å²) in [7, 11) is 0. The van der Waals surface area contributed by atoms with Crippen LogP contribution in [0.3, 0.4) is 0 Å². The van der Waals surface area contributed by atoms with E-state index in [0.29, 0.717) is 0 Å². The van der Waals surface area contributed by atoms with Crippen LogP contribution in [0.5, 0.6) is 0 Å². The van der Waals surface area contributed by atoms with Crippen LogP contribution in [0.2, 0.25) is 0 Å². The summed E-state index contributed by atoms with van der Waals surface area (Å²) in [6, 6.07) is 0. The Balaban J connectivity index is 2.11. The fourth-order valence-electron chi connectivity index (χ4n) is 2.34. The summed E-state index contributed by atoms with van der Waals surface area (Å²) in [4.78, 5) is 10.4. The highest BCUT2D eigenvalue weighted by atomic mass is 32.1. The van der Waals surface area contributed by atoms with Crippen molar-refractivity contribution in [3.05, 3.63) is 10.6 Å². The zero-order chi connectivity index (χ0) is 13.3. The van der Waals surface area contributed by atoms with E-state index in [4.69, 9.17) is 0 Å². The van der Waals surface area contributed by atoms with Crippen molar-refractivity contribution in [1.29, 1.82) is 0 Å². The molecule has 5 heteroatoms. The number of anilines is 1. The molecule has 18 heavy (non-hydrogen) atoms. The lowest BCUT2D eigenvalue weighted by Crippen LogP contribution is -2.46. The zero-order valence-electron chi connectivity index (χ0n) is 11.7. The summed E-state index contributed by atoms with van der Waals surface area (Å²) in [6.07, 6.45) is 0. The van der Waals surface area contributed by atoms with Gasteiger partial charge in [0.2, 0.25) is 0 Å². The molecule has 1 saturated heterocycles. The van der Waals surface area contributed by atoms with Crippen molar-refractivity contribution < 1.29 is 5.11 Å². The van der Waals surface area contributed by atoms with Crippen LogP contribution in [0, 0.1) is 6.92 Å². The van der Waals surface area contributed by atoms with Crippen molar-refractivity contribution in [2.75, 3.05) is 37.6 Å². The highest BCUT2D eigenvalue weighted by molar-refractivity contribution is 7.15. The van der Waals surface area contributed by atoms with Gasteiger partial charge < -0.3 is 14.9 Å². The number of aromatic nitrogens is 1. The Morgan fingerprint density at radius 2 is 1.89 bits per heavy atom. The normalized spacial score (nSPS) is 18.4. The van der Waals surface area contributed by atoms with Crippen molar-refractivity contribution in [2.45, 2.75) is 33.3 Å². The van der Waals surface area contributed by atoms with Gasteiger partial charge in [-0.3, -0.25) is 0 Å². The van der Waals surface area contributed by atoms with E-state index in [1.807, 2.05) is 20.8 Å². The third-order valence-corrected chi connectivity index (χ3v) is 4.96. The minimum absolute atomic E-state index is 0.786. The van der Waals surface area contributed by atoms with Crippen LogP contribution in [0.1, 0.15) is 31.3 Å². The highest BCUT2D eigenvalue weighted by Gasteiger charge is 2.25. The van der Waals surface area contributed by atoms with E-state index in [-0.39, 0.29) is 0 Å². The number of hydrogen-bond acceptors (Lipinski definition) is 5. The molecule has 2 rings (SSSR count). The molecule has 2 heterocycles. The lowest BCUT2D eigenvalue weighted by Gasteiger charge is -2.33. The lowest BCUT2D eigenvalue weighted by atomic mass is 10.1. The summed E-state index contributed by atoms with van der Waals surface area (Å²) in [6.45, 7) is 13.2. The van der Waals surface area contributed by atoms with Crippen LogP contribution in [0.25, 0.3) is 0 Å². The third-order valence-electron chi connectivity index (χ3n) is 3.43. The van der Waals surface area contributed by atoms with Gasteiger partial charge in [0.15, 0.2) is 5.13 Å². The quantitative estimate of drug-likeness (QED) is 0.908. The van der Waals surface area contributed by atoms with Gasteiger partial charge in [-0.05, 0) is 27.3 Å². The Bertz CT molecular complexity index is 403. The summed E-state index contributed by atoms with van der Waals surface area (Å²) >= 11 is 1.63. The average Bonchev–Trinajstić information content (AvgIpc) is 2.71. The van der Waals surface area contributed by atoms with E-state index in [0.717, 1.165) is 48.4 Å². The van der Waals surface area contributed by atoms with Crippen LogP contribution in [-0.4, -0.2) is 47.7 Å². The highest BCUT2D eigenvalue weighted by Crippen LogP contribution is 2.34. The molecule has 0 atom stereocenters. The van der Waals surface area contributed by atoms with Gasteiger partial charge >= 0.3 is 0 Å². The maximum absolute atomic E-state index is 10.1. The Morgan fingerprint density at radius 1 is 1.28 bits per heavy atom. The maximum Gasteiger partial charge on any atom is 0.185 e. The molecule has 0 amide bonds. The van der Waals surface area contributed by atoms with E-state index in [1.165, 1.54) is 0 Å². The van der Waals surface area contributed by atoms with Gasteiger partial charge in [0, 0.05) is 26.2 Å². The van der Waals surface area contributed by atoms with Gasteiger partial charge in [-0.25, -0.2) is 4.98 Å². The number of likely N-dealkylation sites (N-methyl/N-ethyl adjacent to an activating group) is 1. The molecule has 0 unspecified atom stereocenters. The number of aliphatic hydroxyl groups is 1. The smallest absolute Gasteiger partial charge is 0.185 e. The van der Waals surface area contributed by atoms with Crippen LogP contribution >= 0.6 is 11.3 Å². The minimum Gasteiger partial charge on any atom is -0.385 e. The van der Waals surface area contributed by atoms with E-state index < -0.39 is 5.60 Å². The third kappa shape index (κ3) is 2.84. The molecule has 1 N–H and O–H groups in total. The maximum atomic E-state index is 10.1. The molecule has 0 aromatic carbocycles. The van der Waals surface area contributed by atoms with Crippen molar-refractivity contribution in [2.24, 2.45) is 0 Å². The molecule has 1 aromatic heterocycles. The number of piperazine rings is 1. The fourth-order valence-corrected chi connectivity index (χ4v) is 3.46. The molecule has 0 radical (unpaired) electrons. The van der Waals surface area contributed by atoms with Crippen molar-refractivity contribution in [3.63, 3.8) is 0 Å². The summed E-state index contributed by atoms with van der Waals surface area (Å²) in [5.74, 6) is 0. The Hall–Kier alpha value is -0.650. The van der Waals surface area contributed by atoms with Crippen LogP contribution < -0.4 is 4.90 Å². The predicted octanol–water partition coefficient (Wildman–Crippen LogP) is 1.82. The van der Waals surface area contributed by atoms with Gasteiger partial charge in [-0.2, -0.15) is 0 Å². The first-order valence-corrected chi connectivity index (χ1v) is 7.41. The number of hydrogen-bond donors (Lipinski definition) is 1. The van der Waals surface area contributed by atoms with Gasteiger partial charge in [0.25, 0.3) is 0 Å². The van der Waals surface area contributed by atoms with Crippen molar-refractivity contribution in [3.8, 4) is 0 Å². The first-order valence-electron chi connectivity index (χ1n) is 6.59. The van der Waals surface area contributed by atoms with E-state index in [1.54, 1.807) is 11.3 Å². The zero-order valence-corrected chi connectivity index (χ0v) is 12.5. The molecule has 1 fully saturated rings. The summed E-state index contributed by atoms with van der Waals surface area (Å²) in [5, 5.41) is 11.2. The van der Waals surface area contributed by atoms with Crippen molar-refractivity contribution >= 4 is 16.5 Å². The Morgan fingerprint density at radius 3 is 2.33 bits per heavy atom. The van der Waals surface area contributed by atoms with Crippen LogP contribution in [-0.2, 0) is 5.60 Å². The molecular weight excluding hydrogens is 246 g/mol. The standard InChI is InChI=1S/C13H23N3OS/c1-5-15-6-8-16(9-7-15)12-14-10(2)11(18-12)13(3,4)17/h17H,5-9H2,1-4H3. The molecule has 0 bridgehead atoms. The monoisotopic (exact) mass is 269 g/mol. The minimum atomic E-state index is -0.786. The molecule has 1 aromatic rings. The van der Waals surface area contributed by atoms with Crippen LogP contribution in [0.15, 0.2) is 0 Å². The first kappa shape index (κ1) is 13.8. The molecular formula is C13H23N3OS. The second kappa shape index (κ2) is 5.15. The topological polar surface area (TPSA) is 39.6 Å². The number of rotatable bonds is 3. The Kier molecular flexibility index (Phi) is 3.94. The first-order chi connectivity index (χ1) is 8.41. The predicted molar refractivity (Wildman–Crippen MR) is 76.4 cm³/mol. The molecule has 0 spiro atoms. The van der Waals surface area contributed by atoms with Gasteiger partial charge in [-0.15, -0.1) is 0 Å². The number of nitrogens with zero attached hydrogens (tertiary/aromatic N) is 3. The van der Waals surface area contributed by atoms with Crippen molar-refractivity contribution in [1.82, 2.24) is 9.88 Å². The second-order valence-corrected chi connectivity index (χ2v) is 6.37. The number of aryl methyl sites for hydroxylation is 1. The Labute approximate surface area is 113 Å². The largest absolute Gasteiger partial charge is 0.385 e. The van der Waals surface area contributed by atoms with Gasteiger partial charge in [0.1, 0.15) is 0 Å². The van der Waals surface area contributed by atoms with Gasteiger partial charge in [-0.1, -0.05) is 18.3 Å². The second-order valence-electron chi connectivity index (χ2n) is 5.39. The molecule has 102 valence electrons. The number of thiazole rings is 1. The van der Waals surface area contributed by atoms with E-state index in [2.05, 4.69) is 21.7 Å². The molecule has 1 aliphatic heterocycles. The van der Waals surface area contributed by atoms with E-state index in [9.17, 15) is 5.11 Å². The van der Waals surface area contributed by atoms with E-state index >= 15 is 0 Å². The fraction of sp³-hybridized carbons (Fsp3) is 0.769. The average molecular weight is 269 g/mol. The molecule has 1 aliphatic rings. The lowest BCUT2D eigenvalue weighted by molar-refractivity contribution is 0.0817. The molecule has 4 nitrogen and oxygen atoms in total. The summed E-state index contributed by atoms with van der Waals surface area (Å²) < 4.78 is 0. The summed E-state index contributed by atoms with van der Waals surface area (Å²) in [5.41, 5.74) is 0.172. The van der Waals surface area contributed by atoms with Crippen LogP contribution in [0.4, 0.5) is 5.13 Å². The molecule has 0 saturated carbocycles. The molecule has 0 aliphatic carbocycles. The van der Waals surface area contributed by atoms with Gasteiger partial charge in [0.05, 0.1) is 16.2 Å².